The Morgan fingerprint density at radius 1 is 0.854 bits per heavy atom. The molecular formula is C28H30N8O4S. The summed E-state index contributed by atoms with van der Waals surface area (Å²) in [4.78, 5) is 28.1. The molecule has 13 heteroatoms. The SMILES string of the molecule is C=C(C)C(=O)OCCCNc1nc(NCCCOC(=O)C(=C)C)c(N=Nc2sc(C#N)c(C)c2C#N)c(C)c1C#N. The average molecular weight is 575 g/mol. The Labute approximate surface area is 242 Å². The first-order valence-electron chi connectivity index (χ1n) is 12.5. The van der Waals surface area contributed by atoms with Crippen LogP contribution in [0.2, 0.25) is 0 Å². The van der Waals surface area contributed by atoms with Crippen molar-refractivity contribution in [1.82, 2.24) is 4.98 Å². The van der Waals surface area contributed by atoms with Gasteiger partial charge in [-0.25, -0.2) is 14.6 Å². The van der Waals surface area contributed by atoms with Gasteiger partial charge in [0.25, 0.3) is 0 Å². The fourth-order valence-corrected chi connectivity index (χ4v) is 4.12. The molecule has 2 N–H and O–H groups in total. The third-order valence-corrected chi connectivity index (χ3v) is 6.58. The molecule has 0 fully saturated rings. The zero-order valence-corrected chi connectivity index (χ0v) is 24.2. The molecule has 212 valence electrons. The van der Waals surface area contributed by atoms with Crippen molar-refractivity contribution in [2.75, 3.05) is 36.9 Å². The van der Waals surface area contributed by atoms with E-state index in [1.807, 2.05) is 6.07 Å². The minimum atomic E-state index is -0.483. The second-order valence-corrected chi connectivity index (χ2v) is 9.82. The number of carbonyl (C=O) groups excluding carboxylic acids is 2. The van der Waals surface area contributed by atoms with Crippen molar-refractivity contribution >= 4 is 45.6 Å². The number of hydrogen-bond acceptors (Lipinski definition) is 13. The maximum Gasteiger partial charge on any atom is 0.333 e. The molecule has 0 aliphatic carbocycles. The zero-order chi connectivity index (χ0) is 30.5. The largest absolute Gasteiger partial charge is 0.462 e. The van der Waals surface area contributed by atoms with Gasteiger partial charge in [-0.05, 0) is 46.1 Å². The Kier molecular flexibility index (Phi) is 12.2. The third kappa shape index (κ3) is 8.72. The maximum atomic E-state index is 11.6. The monoisotopic (exact) mass is 574 g/mol. The van der Waals surface area contributed by atoms with Gasteiger partial charge >= 0.3 is 11.9 Å². The van der Waals surface area contributed by atoms with Crippen LogP contribution in [0, 0.1) is 47.8 Å². The van der Waals surface area contributed by atoms with Gasteiger partial charge in [0, 0.05) is 29.8 Å². The fourth-order valence-electron chi connectivity index (χ4n) is 3.24. The molecule has 0 radical (unpaired) electrons. The molecule has 0 amide bonds. The molecule has 0 unspecified atom stereocenters. The van der Waals surface area contributed by atoms with E-state index in [-0.39, 0.29) is 35.0 Å². The van der Waals surface area contributed by atoms with Gasteiger partial charge in [-0.3, -0.25) is 0 Å². The molecule has 12 nitrogen and oxygen atoms in total. The molecule has 2 rings (SSSR count). The number of nitriles is 3. The number of anilines is 2. The number of aromatic nitrogens is 1. The van der Waals surface area contributed by atoms with Crippen LogP contribution in [0.1, 0.15) is 53.8 Å². The number of nitrogens with one attached hydrogen (secondary N) is 2. The van der Waals surface area contributed by atoms with Crippen LogP contribution in [-0.2, 0) is 19.1 Å². The molecule has 0 atom stereocenters. The maximum absolute atomic E-state index is 11.6. The van der Waals surface area contributed by atoms with Gasteiger partial charge in [0.15, 0.2) is 10.8 Å². The molecule has 0 aromatic carbocycles. The lowest BCUT2D eigenvalue weighted by Gasteiger charge is -2.15. The summed E-state index contributed by atoms with van der Waals surface area (Å²) < 4.78 is 10.2. The average Bonchev–Trinajstić information content (AvgIpc) is 3.25. The Morgan fingerprint density at radius 2 is 1.39 bits per heavy atom. The number of esters is 2. The van der Waals surface area contributed by atoms with E-state index in [0.717, 1.165) is 11.3 Å². The lowest BCUT2D eigenvalue weighted by Crippen LogP contribution is -2.14. The predicted molar refractivity (Wildman–Crippen MR) is 154 cm³/mol. The van der Waals surface area contributed by atoms with Crippen molar-refractivity contribution in [3.05, 3.63) is 51.4 Å². The van der Waals surface area contributed by atoms with Crippen molar-refractivity contribution in [2.24, 2.45) is 10.2 Å². The summed E-state index contributed by atoms with van der Waals surface area (Å²) in [5.41, 5.74) is 2.37. The molecule has 0 aliphatic heterocycles. The first-order valence-corrected chi connectivity index (χ1v) is 13.3. The lowest BCUT2D eigenvalue weighted by atomic mass is 10.1. The van der Waals surface area contributed by atoms with Crippen molar-refractivity contribution < 1.29 is 19.1 Å². The number of thiophene rings is 1. The molecule has 0 spiro atoms. The number of ether oxygens (including phenoxy) is 2. The normalized spacial score (nSPS) is 10.3. The Bertz CT molecular complexity index is 1500. The molecule has 0 saturated carbocycles. The highest BCUT2D eigenvalue weighted by Gasteiger charge is 2.19. The van der Waals surface area contributed by atoms with Crippen LogP contribution in [0.3, 0.4) is 0 Å². The number of pyridine rings is 1. The lowest BCUT2D eigenvalue weighted by molar-refractivity contribution is -0.139. The molecule has 0 aliphatic rings. The molecule has 41 heavy (non-hydrogen) atoms. The van der Waals surface area contributed by atoms with Crippen LogP contribution in [0.15, 0.2) is 34.5 Å². The number of nitrogens with zero attached hydrogens (tertiary/aromatic N) is 6. The zero-order valence-electron chi connectivity index (χ0n) is 23.4. The van der Waals surface area contributed by atoms with Crippen LogP contribution < -0.4 is 10.6 Å². The number of hydrogen-bond donors (Lipinski definition) is 2. The summed E-state index contributed by atoms with van der Waals surface area (Å²) in [5, 5.41) is 43.9. The Morgan fingerprint density at radius 3 is 1.88 bits per heavy atom. The smallest absolute Gasteiger partial charge is 0.333 e. The van der Waals surface area contributed by atoms with Crippen LogP contribution in [0.4, 0.5) is 22.3 Å². The van der Waals surface area contributed by atoms with E-state index in [1.54, 1.807) is 27.7 Å². The number of azo groups is 1. The summed E-state index contributed by atoms with van der Waals surface area (Å²) in [6, 6.07) is 6.24. The van der Waals surface area contributed by atoms with Crippen LogP contribution in [0.5, 0.6) is 0 Å². The highest BCUT2D eigenvalue weighted by atomic mass is 32.1. The van der Waals surface area contributed by atoms with E-state index in [9.17, 15) is 25.4 Å². The van der Waals surface area contributed by atoms with E-state index in [2.05, 4.69) is 51.1 Å². The van der Waals surface area contributed by atoms with Crippen LogP contribution in [-0.4, -0.2) is 43.2 Å². The summed E-state index contributed by atoms with van der Waals surface area (Å²) in [5.74, 6) is -0.361. The van der Waals surface area contributed by atoms with E-state index < -0.39 is 11.9 Å². The topological polar surface area (TPSA) is 186 Å². The van der Waals surface area contributed by atoms with Crippen LogP contribution >= 0.6 is 11.3 Å². The van der Waals surface area contributed by atoms with E-state index in [1.165, 1.54) is 0 Å². The van der Waals surface area contributed by atoms with Gasteiger partial charge in [0.05, 0.1) is 24.3 Å². The highest BCUT2D eigenvalue weighted by Crippen LogP contribution is 2.38. The molecule has 2 aromatic heterocycles. The Balaban J connectivity index is 2.35. The highest BCUT2D eigenvalue weighted by molar-refractivity contribution is 7.16. The minimum Gasteiger partial charge on any atom is -0.462 e. The van der Waals surface area contributed by atoms with E-state index in [0.29, 0.717) is 64.7 Å². The van der Waals surface area contributed by atoms with Gasteiger partial charge in [-0.15, -0.1) is 21.6 Å². The molecule has 0 saturated heterocycles. The van der Waals surface area contributed by atoms with Crippen molar-refractivity contribution in [3.8, 4) is 18.2 Å². The van der Waals surface area contributed by atoms with Crippen molar-refractivity contribution in [1.29, 1.82) is 15.8 Å². The molecule has 2 heterocycles. The minimum absolute atomic E-state index is 0.149. The summed E-state index contributed by atoms with van der Waals surface area (Å²) in [7, 11) is 0. The quantitative estimate of drug-likeness (QED) is 0.124. The molecule has 0 bridgehead atoms. The van der Waals surface area contributed by atoms with Gasteiger partial charge in [0.1, 0.15) is 34.6 Å². The van der Waals surface area contributed by atoms with Gasteiger partial charge < -0.3 is 20.1 Å². The standard InChI is InChI=1S/C28H30N8O4S/c1-16(2)27(37)39-11-7-9-32-24-20(13-29)19(6)23(25(34-24)33-10-8-12-40-28(38)17(3)4)35-36-26-21(14-30)18(5)22(15-31)41-26/h1,3,7-12H2,2,4-6H3,(H2,32,33,34). The summed E-state index contributed by atoms with van der Waals surface area (Å²) in [6.07, 6.45) is 0.903. The third-order valence-electron chi connectivity index (χ3n) is 5.50. The number of carbonyl (C=O) groups is 2. The van der Waals surface area contributed by atoms with Crippen molar-refractivity contribution in [3.63, 3.8) is 0 Å². The predicted octanol–water partition coefficient (Wildman–Crippen LogP) is 5.63. The second-order valence-electron chi connectivity index (χ2n) is 8.82. The Hall–Kier alpha value is -5.06. The molecule has 2 aromatic rings. The van der Waals surface area contributed by atoms with E-state index >= 15 is 0 Å². The van der Waals surface area contributed by atoms with Crippen LogP contribution in [0.25, 0.3) is 0 Å². The molecular weight excluding hydrogens is 544 g/mol. The van der Waals surface area contributed by atoms with Gasteiger partial charge in [-0.1, -0.05) is 13.2 Å². The second kappa shape index (κ2) is 15.5. The van der Waals surface area contributed by atoms with Crippen molar-refractivity contribution in [2.45, 2.75) is 40.5 Å². The van der Waals surface area contributed by atoms with Gasteiger partial charge in [0.2, 0.25) is 0 Å². The number of rotatable bonds is 14. The summed E-state index contributed by atoms with van der Waals surface area (Å²) in [6.45, 7) is 14.6. The van der Waals surface area contributed by atoms with E-state index in [4.69, 9.17) is 9.47 Å². The fraction of sp³-hybridized carbons (Fsp3) is 0.357. The first-order chi connectivity index (χ1) is 19.5. The first kappa shape index (κ1) is 32.2. The summed E-state index contributed by atoms with van der Waals surface area (Å²) >= 11 is 1.04. The van der Waals surface area contributed by atoms with Gasteiger partial charge in [-0.2, -0.15) is 15.8 Å².